The Morgan fingerprint density at radius 3 is 2.95 bits per heavy atom. The molecule has 1 spiro atoms. The topological polar surface area (TPSA) is 49.3 Å². The molecule has 0 radical (unpaired) electrons. The molecule has 3 rings (SSSR count). The predicted octanol–water partition coefficient (Wildman–Crippen LogP) is 2.01. The quantitative estimate of drug-likeness (QED) is 0.798. The molecule has 0 bridgehead atoms. The minimum absolute atomic E-state index is 0.0563. The summed E-state index contributed by atoms with van der Waals surface area (Å²) in [5.41, 5.74) is -0.0563. The zero-order chi connectivity index (χ0) is 14.7. The minimum atomic E-state index is -0.0563. The van der Waals surface area contributed by atoms with Crippen LogP contribution in [-0.4, -0.2) is 45.9 Å². The summed E-state index contributed by atoms with van der Waals surface area (Å²) >= 11 is 0. The number of carbonyl (C=O) groups is 1. The van der Waals surface area contributed by atoms with E-state index in [4.69, 9.17) is 0 Å². The maximum atomic E-state index is 12.3. The van der Waals surface area contributed by atoms with Crippen molar-refractivity contribution in [1.29, 1.82) is 0 Å². The molecule has 3 heterocycles. The number of carbonyl (C=O) groups excluding carboxylic acids is 1. The fraction of sp³-hybridized carbons (Fsp3) is 0.562. The van der Waals surface area contributed by atoms with Crippen molar-refractivity contribution in [3.63, 3.8) is 0 Å². The van der Waals surface area contributed by atoms with E-state index in [0.29, 0.717) is 13.0 Å². The Balaban J connectivity index is 1.85. The van der Waals surface area contributed by atoms with E-state index >= 15 is 0 Å². The molecule has 2 saturated heterocycles. The monoisotopic (exact) mass is 286 g/mol. The number of nitrogens with zero attached hydrogens (tertiary/aromatic N) is 4. The first-order chi connectivity index (χ1) is 10.2. The molecule has 2 fully saturated rings. The number of rotatable bonds is 3. The molecule has 1 aromatic rings. The molecule has 2 aliphatic rings. The van der Waals surface area contributed by atoms with Gasteiger partial charge in [-0.25, -0.2) is 4.98 Å². The van der Waals surface area contributed by atoms with Gasteiger partial charge in [-0.3, -0.25) is 9.78 Å². The van der Waals surface area contributed by atoms with Crippen molar-refractivity contribution in [2.45, 2.75) is 37.6 Å². The highest BCUT2D eigenvalue weighted by Crippen LogP contribution is 2.37. The first-order valence-corrected chi connectivity index (χ1v) is 7.67. The van der Waals surface area contributed by atoms with Gasteiger partial charge in [-0.15, -0.1) is 6.58 Å². The van der Waals surface area contributed by atoms with Crippen LogP contribution in [0.15, 0.2) is 31.2 Å². The summed E-state index contributed by atoms with van der Waals surface area (Å²) in [5, 5.41) is 0. The maximum Gasteiger partial charge on any atom is 0.223 e. The highest BCUT2D eigenvalue weighted by Gasteiger charge is 2.44. The van der Waals surface area contributed by atoms with Gasteiger partial charge in [0.1, 0.15) is 5.82 Å². The van der Waals surface area contributed by atoms with Crippen molar-refractivity contribution in [3.05, 3.63) is 31.2 Å². The number of aromatic nitrogens is 2. The van der Waals surface area contributed by atoms with Crippen molar-refractivity contribution in [3.8, 4) is 0 Å². The minimum Gasteiger partial charge on any atom is -0.353 e. The molecule has 5 nitrogen and oxygen atoms in total. The lowest BCUT2D eigenvalue weighted by Crippen LogP contribution is -2.62. The second-order valence-electron chi connectivity index (χ2n) is 5.96. The molecule has 0 aromatic carbocycles. The van der Waals surface area contributed by atoms with Crippen LogP contribution in [-0.2, 0) is 4.79 Å². The molecule has 0 aliphatic carbocycles. The summed E-state index contributed by atoms with van der Waals surface area (Å²) in [4.78, 5) is 25.2. The van der Waals surface area contributed by atoms with Gasteiger partial charge in [0.05, 0.1) is 11.7 Å². The molecular weight excluding hydrogens is 264 g/mol. The van der Waals surface area contributed by atoms with Gasteiger partial charge in [0, 0.05) is 38.4 Å². The number of hydrogen-bond donors (Lipinski definition) is 0. The molecular formula is C16H22N4O. The summed E-state index contributed by atoms with van der Waals surface area (Å²) in [7, 11) is 0. The fourth-order valence-corrected chi connectivity index (χ4v) is 3.71. The van der Waals surface area contributed by atoms with Crippen LogP contribution < -0.4 is 4.90 Å². The van der Waals surface area contributed by atoms with E-state index in [2.05, 4.69) is 21.4 Å². The van der Waals surface area contributed by atoms with Crippen LogP contribution >= 0.6 is 0 Å². The molecule has 112 valence electrons. The zero-order valence-corrected chi connectivity index (χ0v) is 12.4. The van der Waals surface area contributed by atoms with Crippen molar-refractivity contribution in [1.82, 2.24) is 14.9 Å². The average molecular weight is 286 g/mol. The van der Waals surface area contributed by atoms with Crippen LogP contribution in [0.4, 0.5) is 5.82 Å². The summed E-state index contributed by atoms with van der Waals surface area (Å²) < 4.78 is 0. The zero-order valence-electron chi connectivity index (χ0n) is 12.4. The number of piperidine rings is 2. The Labute approximate surface area is 125 Å². The van der Waals surface area contributed by atoms with Gasteiger partial charge in [-0.05, 0) is 25.7 Å². The van der Waals surface area contributed by atoms with Crippen LogP contribution in [0, 0.1) is 0 Å². The maximum absolute atomic E-state index is 12.3. The fourth-order valence-electron chi connectivity index (χ4n) is 3.71. The Bertz CT molecular complexity index is 514. The first kappa shape index (κ1) is 14.0. The van der Waals surface area contributed by atoms with Crippen molar-refractivity contribution < 1.29 is 4.79 Å². The van der Waals surface area contributed by atoms with E-state index in [-0.39, 0.29) is 11.4 Å². The third kappa shape index (κ3) is 2.64. The molecule has 0 N–H and O–H groups in total. The van der Waals surface area contributed by atoms with E-state index in [0.717, 1.165) is 44.6 Å². The Morgan fingerprint density at radius 1 is 1.33 bits per heavy atom. The molecule has 1 amide bonds. The lowest BCUT2D eigenvalue weighted by atomic mass is 9.79. The SMILES string of the molecule is C=CCN1C(=O)CCCC12CCCN(c1cnccn1)C2. The normalized spacial score (nSPS) is 26.2. The van der Waals surface area contributed by atoms with Gasteiger partial charge in [-0.1, -0.05) is 6.08 Å². The van der Waals surface area contributed by atoms with Gasteiger partial charge in [0.2, 0.25) is 5.91 Å². The Morgan fingerprint density at radius 2 is 2.19 bits per heavy atom. The van der Waals surface area contributed by atoms with E-state index < -0.39 is 0 Å². The molecule has 1 aromatic heterocycles. The van der Waals surface area contributed by atoms with Crippen molar-refractivity contribution in [2.75, 3.05) is 24.5 Å². The lowest BCUT2D eigenvalue weighted by Gasteiger charge is -2.52. The summed E-state index contributed by atoms with van der Waals surface area (Å²) in [6.07, 6.45) is 11.9. The Kier molecular flexibility index (Phi) is 3.90. The predicted molar refractivity (Wildman–Crippen MR) is 82.0 cm³/mol. The lowest BCUT2D eigenvalue weighted by molar-refractivity contribution is -0.141. The van der Waals surface area contributed by atoms with E-state index in [9.17, 15) is 4.79 Å². The third-order valence-corrected chi connectivity index (χ3v) is 4.65. The molecule has 5 heteroatoms. The van der Waals surface area contributed by atoms with Gasteiger partial charge in [0.25, 0.3) is 0 Å². The molecule has 21 heavy (non-hydrogen) atoms. The van der Waals surface area contributed by atoms with Crippen LogP contribution in [0.5, 0.6) is 0 Å². The summed E-state index contributed by atoms with van der Waals surface area (Å²) in [5.74, 6) is 1.18. The summed E-state index contributed by atoms with van der Waals surface area (Å²) in [6, 6.07) is 0. The third-order valence-electron chi connectivity index (χ3n) is 4.65. The molecule has 2 aliphatic heterocycles. The first-order valence-electron chi connectivity index (χ1n) is 7.67. The second kappa shape index (κ2) is 5.84. The molecule has 1 atom stereocenters. The van der Waals surface area contributed by atoms with Crippen molar-refractivity contribution in [2.24, 2.45) is 0 Å². The van der Waals surface area contributed by atoms with Gasteiger partial charge in [0.15, 0.2) is 0 Å². The standard InChI is InChI=1S/C16H22N4O/c1-2-10-20-15(21)5-3-6-16(20)7-4-11-19(13-16)14-12-17-8-9-18-14/h2,8-9,12H,1,3-7,10-11,13H2. The number of anilines is 1. The largest absolute Gasteiger partial charge is 0.353 e. The molecule has 1 unspecified atom stereocenters. The van der Waals surface area contributed by atoms with E-state index in [1.54, 1.807) is 12.4 Å². The van der Waals surface area contributed by atoms with E-state index in [1.807, 2.05) is 17.2 Å². The number of hydrogen-bond acceptors (Lipinski definition) is 4. The van der Waals surface area contributed by atoms with Gasteiger partial charge in [-0.2, -0.15) is 0 Å². The second-order valence-corrected chi connectivity index (χ2v) is 5.96. The van der Waals surface area contributed by atoms with Gasteiger partial charge >= 0.3 is 0 Å². The Hall–Kier alpha value is -1.91. The van der Waals surface area contributed by atoms with Crippen LogP contribution in [0.1, 0.15) is 32.1 Å². The highest BCUT2D eigenvalue weighted by molar-refractivity contribution is 5.78. The summed E-state index contributed by atoms with van der Waals surface area (Å²) in [6.45, 7) is 6.30. The highest BCUT2D eigenvalue weighted by atomic mass is 16.2. The van der Waals surface area contributed by atoms with Gasteiger partial charge < -0.3 is 9.80 Å². The van der Waals surface area contributed by atoms with Crippen molar-refractivity contribution >= 4 is 11.7 Å². The van der Waals surface area contributed by atoms with Crippen LogP contribution in [0.3, 0.4) is 0 Å². The van der Waals surface area contributed by atoms with E-state index in [1.165, 1.54) is 0 Å². The molecule has 0 saturated carbocycles. The average Bonchev–Trinajstić information content (AvgIpc) is 2.52. The smallest absolute Gasteiger partial charge is 0.223 e. The van der Waals surface area contributed by atoms with Crippen LogP contribution in [0.25, 0.3) is 0 Å². The number of amides is 1. The van der Waals surface area contributed by atoms with Crippen LogP contribution in [0.2, 0.25) is 0 Å². The number of likely N-dealkylation sites (tertiary alicyclic amines) is 1.